The van der Waals surface area contributed by atoms with Crippen LogP contribution in [0.15, 0.2) is 67.3 Å². The molecule has 0 radical (unpaired) electrons. The fourth-order valence-electron chi connectivity index (χ4n) is 5.75. The summed E-state index contributed by atoms with van der Waals surface area (Å²) < 4.78 is 5.56. The number of hydrogen-bond donors (Lipinski definition) is 0. The quantitative estimate of drug-likeness (QED) is 0.634. The lowest BCUT2D eigenvalue weighted by atomic mass is 9.57. The fourth-order valence-corrected chi connectivity index (χ4v) is 5.75. The Morgan fingerprint density at radius 2 is 2.03 bits per heavy atom. The van der Waals surface area contributed by atoms with Crippen LogP contribution < -0.4 is 4.74 Å². The Hall–Kier alpha value is -2.59. The van der Waals surface area contributed by atoms with Gasteiger partial charge in [-0.2, -0.15) is 0 Å². The van der Waals surface area contributed by atoms with Crippen LogP contribution in [0.25, 0.3) is 0 Å². The molecule has 0 aromatic heterocycles. The SMILES string of the molecule is C=CCN1CC[C@@]2(c3cccc(OC)c3)C[C@H](N(C)C(=O)c3ccccc3)CC[C@@H]2C1. The van der Waals surface area contributed by atoms with Crippen LogP contribution in [0.1, 0.15) is 41.6 Å². The van der Waals surface area contributed by atoms with Crippen molar-refractivity contribution in [2.24, 2.45) is 5.92 Å². The molecule has 0 unspecified atom stereocenters. The number of carbonyl (C=O) groups is 1. The van der Waals surface area contributed by atoms with E-state index in [1.165, 1.54) is 5.56 Å². The summed E-state index contributed by atoms with van der Waals surface area (Å²) in [5.41, 5.74) is 2.20. The van der Waals surface area contributed by atoms with Gasteiger partial charge in [0.15, 0.2) is 0 Å². The second kappa shape index (κ2) is 9.27. The first kappa shape index (κ1) is 21.6. The zero-order valence-electron chi connectivity index (χ0n) is 18.8. The molecule has 2 fully saturated rings. The molecular weight excluding hydrogens is 384 g/mol. The lowest BCUT2D eigenvalue weighted by Gasteiger charge is -2.54. The van der Waals surface area contributed by atoms with Crippen LogP contribution in [0.4, 0.5) is 0 Å². The molecule has 1 saturated carbocycles. The first-order chi connectivity index (χ1) is 15.1. The average molecular weight is 419 g/mol. The van der Waals surface area contributed by atoms with Crippen LogP contribution in [-0.4, -0.2) is 55.5 Å². The number of hydrogen-bond acceptors (Lipinski definition) is 3. The van der Waals surface area contributed by atoms with Gasteiger partial charge >= 0.3 is 0 Å². The molecule has 0 bridgehead atoms. The van der Waals surface area contributed by atoms with Crippen LogP contribution >= 0.6 is 0 Å². The molecule has 0 spiro atoms. The third-order valence-electron chi connectivity index (χ3n) is 7.50. The van der Waals surface area contributed by atoms with Crippen LogP contribution in [0.5, 0.6) is 5.75 Å². The maximum atomic E-state index is 13.2. The molecule has 1 aliphatic carbocycles. The van der Waals surface area contributed by atoms with Crippen molar-refractivity contribution in [3.05, 3.63) is 78.4 Å². The summed E-state index contributed by atoms with van der Waals surface area (Å²) in [5, 5.41) is 0. The number of carbonyl (C=O) groups excluding carboxylic acids is 1. The lowest BCUT2D eigenvalue weighted by molar-refractivity contribution is 0.0221. The Kier molecular flexibility index (Phi) is 6.47. The zero-order chi connectivity index (χ0) is 21.8. The molecule has 1 aliphatic heterocycles. The Bertz CT molecular complexity index is 912. The molecule has 1 amide bonds. The van der Waals surface area contributed by atoms with Gasteiger partial charge in [-0.15, -0.1) is 6.58 Å². The number of rotatable bonds is 6. The van der Waals surface area contributed by atoms with Gasteiger partial charge in [0.05, 0.1) is 7.11 Å². The first-order valence-corrected chi connectivity index (χ1v) is 11.4. The van der Waals surface area contributed by atoms with Gasteiger partial charge in [-0.05, 0) is 68.0 Å². The minimum absolute atomic E-state index is 0.0698. The minimum atomic E-state index is 0.0698. The number of amides is 1. The number of likely N-dealkylation sites (tertiary alicyclic amines) is 1. The molecule has 2 aliphatic rings. The van der Waals surface area contributed by atoms with Gasteiger partial charge in [0.2, 0.25) is 0 Å². The van der Waals surface area contributed by atoms with E-state index in [1.807, 2.05) is 54.4 Å². The van der Waals surface area contributed by atoms with Gasteiger partial charge in [0.25, 0.3) is 5.91 Å². The largest absolute Gasteiger partial charge is 0.497 e. The molecular formula is C27H34N2O2. The van der Waals surface area contributed by atoms with Crippen molar-refractivity contribution < 1.29 is 9.53 Å². The van der Waals surface area contributed by atoms with Crippen LogP contribution in [0.3, 0.4) is 0 Å². The Labute approximate surface area is 186 Å². The van der Waals surface area contributed by atoms with Gasteiger partial charge in [-0.1, -0.05) is 36.4 Å². The first-order valence-electron chi connectivity index (χ1n) is 11.4. The number of ether oxygens (including phenoxy) is 1. The van der Waals surface area contributed by atoms with Gasteiger partial charge in [-0.25, -0.2) is 0 Å². The number of piperidine rings is 1. The summed E-state index contributed by atoms with van der Waals surface area (Å²) in [6, 6.07) is 18.5. The van der Waals surface area contributed by atoms with E-state index in [9.17, 15) is 4.79 Å². The number of benzene rings is 2. The summed E-state index contributed by atoms with van der Waals surface area (Å²) in [6.45, 7) is 7.03. The Morgan fingerprint density at radius 1 is 1.23 bits per heavy atom. The van der Waals surface area contributed by atoms with Gasteiger partial charge in [0, 0.05) is 37.2 Å². The van der Waals surface area contributed by atoms with E-state index < -0.39 is 0 Å². The molecule has 4 rings (SSSR count). The predicted molar refractivity (Wildman–Crippen MR) is 126 cm³/mol. The second-order valence-corrected chi connectivity index (χ2v) is 9.10. The predicted octanol–water partition coefficient (Wildman–Crippen LogP) is 4.77. The molecule has 2 aromatic rings. The Morgan fingerprint density at radius 3 is 2.77 bits per heavy atom. The number of fused-ring (bicyclic) bond motifs is 1. The fraction of sp³-hybridized carbons (Fsp3) is 0.444. The van der Waals surface area contributed by atoms with E-state index in [1.54, 1.807) is 7.11 Å². The molecule has 164 valence electrons. The van der Waals surface area contributed by atoms with Crippen LogP contribution in [0.2, 0.25) is 0 Å². The highest BCUT2D eigenvalue weighted by Crippen LogP contribution is 2.50. The summed E-state index contributed by atoms with van der Waals surface area (Å²) >= 11 is 0. The smallest absolute Gasteiger partial charge is 0.253 e. The van der Waals surface area contributed by atoms with E-state index in [4.69, 9.17) is 4.74 Å². The molecule has 2 aromatic carbocycles. The van der Waals surface area contributed by atoms with E-state index in [-0.39, 0.29) is 17.4 Å². The van der Waals surface area contributed by atoms with Crippen molar-refractivity contribution in [1.29, 1.82) is 0 Å². The van der Waals surface area contributed by atoms with Gasteiger partial charge in [-0.3, -0.25) is 9.69 Å². The van der Waals surface area contributed by atoms with Crippen molar-refractivity contribution in [2.45, 2.75) is 37.1 Å². The molecule has 1 heterocycles. The normalized spacial score (nSPS) is 26.0. The maximum Gasteiger partial charge on any atom is 0.253 e. The van der Waals surface area contributed by atoms with E-state index in [2.05, 4.69) is 29.7 Å². The third-order valence-corrected chi connectivity index (χ3v) is 7.50. The lowest BCUT2D eigenvalue weighted by Crippen LogP contribution is -2.56. The monoisotopic (exact) mass is 418 g/mol. The van der Waals surface area contributed by atoms with Crippen molar-refractivity contribution in [2.75, 3.05) is 33.8 Å². The topological polar surface area (TPSA) is 32.8 Å². The molecule has 4 nitrogen and oxygen atoms in total. The van der Waals surface area contributed by atoms with Crippen LogP contribution in [-0.2, 0) is 5.41 Å². The standard InChI is InChI=1S/C27H34N2O2/c1-4-16-29-17-15-27(22-11-8-12-25(18-22)31-3)19-24(14-13-23(27)20-29)28(2)26(30)21-9-6-5-7-10-21/h4-12,18,23-24H,1,13-17,19-20H2,2-3H3/t23-,24-,27+/m1/s1. The molecule has 31 heavy (non-hydrogen) atoms. The average Bonchev–Trinajstić information content (AvgIpc) is 2.83. The zero-order valence-corrected chi connectivity index (χ0v) is 18.8. The minimum Gasteiger partial charge on any atom is -0.497 e. The molecule has 3 atom stereocenters. The summed E-state index contributed by atoms with van der Waals surface area (Å²) in [6.07, 6.45) is 6.29. The van der Waals surface area contributed by atoms with E-state index >= 15 is 0 Å². The van der Waals surface area contributed by atoms with E-state index in [0.717, 1.165) is 56.6 Å². The maximum absolute atomic E-state index is 13.2. The number of nitrogens with zero attached hydrogens (tertiary/aromatic N) is 2. The second-order valence-electron chi connectivity index (χ2n) is 9.10. The molecule has 4 heteroatoms. The van der Waals surface area contributed by atoms with Gasteiger partial charge in [0.1, 0.15) is 5.75 Å². The van der Waals surface area contributed by atoms with Crippen molar-refractivity contribution >= 4 is 5.91 Å². The third kappa shape index (κ3) is 4.27. The van der Waals surface area contributed by atoms with Crippen molar-refractivity contribution in [3.63, 3.8) is 0 Å². The van der Waals surface area contributed by atoms with E-state index in [0.29, 0.717) is 5.92 Å². The highest BCUT2D eigenvalue weighted by Gasteiger charge is 2.49. The Balaban J connectivity index is 1.63. The number of methoxy groups -OCH3 is 1. The molecule has 0 N–H and O–H groups in total. The highest BCUT2D eigenvalue weighted by molar-refractivity contribution is 5.94. The van der Waals surface area contributed by atoms with Crippen molar-refractivity contribution in [3.8, 4) is 5.75 Å². The van der Waals surface area contributed by atoms with Crippen LogP contribution in [0, 0.1) is 5.92 Å². The summed E-state index contributed by atoms with van der Waals surface area (Å²) in [4.78, 5) is 17.7. The van der Waals surface area contributed by atoms with Crippen molar-refractivity contribution in [1.82, 2.24) is 9.80 Å². The summed E-state index contributed by atoms with van der Waals surface area (Å²) in [7, 11) is 3.71. The molecule has 1 saturated heterocycles. The summed E-state index contributed by atoms with van der Waals surface area (Å²) in [5.74, 6) is 1.61. The highest BCUT2D eigenvalue weighted by atomic mass is 16.5. The van der Waals surface area contributed by atoms with Gasteiger partial charge < -0.3 is 9.64 Å².